The van der Waals surface area contributed by atoms with E-state index in [-0.39, 0.29) is 11.8 Å². The van der Waals surface area contributed by atoms with Crippen LogP contribution in [0.4, 0.5) is 0 Å². The molecule has 0 spiro atoms. The molecule has 0 aromatic carbocycles. The van der Waals surface area contributed by atoms with Crippen molar-refractivity contribution in [3.8, 4) is 0 Å². The molecule has 1 rings (SSSR count). The van der Waals surface area contributed by atoms with E-state index in [9.17, 15) is 4.79 Å². The van der Waals surface area contributed by atoms with Gasteiger partial charge in [-0.05, 0) is 12.3 Å². The predicted octanol–water partition coefficient (Wildman–Crippen LogP) is 0.354. The van der Waals surface area contributed by atoms with E-state index in [1.54, 1.807) is 7.11 Å². The van der Waals surface area contributed by atoms with Crippen LogP contribution in [0.15, 0.2) is 0 Å². The molecule has 1 saturated carbocycles. The fourth-order valence-electron chi connectivity index (χ4n) is 0.948. The average molecular weight is 130 g/mol. The van der Waals surface area contributed by atoms with Gasteiger partial charge >= 0.3 is 5.97 Å². The third kappa shape index (κ3) is 1.42. The van der Waals surface area contributed by atoms with E-state index in [4.69, 9.17) is 9.84 Å². The molecule has 0 heterocycles. The first-order valence-corrected chi connectivity index (χ1v) is 2.97. The number of rotatable bonds is 3. The summed E-state index contributed by atoms with van der Waals surface area (Å²) in [6.07, 6.45) is 0.795. The molecule has 2 atom stereocenters. The molecule has 1 aliphatic carbocycles. The summed E-state index contributed by atoms with van der Waals surface area (Å²) in [7, 11) is 1.59. The van der Waals surface area contributed by atoms with E-state index in [2.05, 4.69) is 0 Å². The Morgan fingerprint density at radius 3 is 2.89 bits per heavy atom. The van der Waals surface area contributed by atoms with Crippen molar-refractivity contribution in [2.75, 3.05) is 13.7 Å². The van der Waals surface area contributed by atoms with E-state index in [0.29, 0.717) is 6.61 Å². The molecule has 0 bridgehead atoms. The van der Waals surface area contributed by atoms with Crippen molar-refractivity contribution in [2.45, 2.75) is 6.42 Å². The molecule has 1 aliphatic rings. The fraction of sp³-hybridized carbons (Fsp3) is 0.833. The first kappa shape index (κ1) is 6.55. The van der Waals surface area contributed by atoms with Gasteiger partial charge in [-0.15, -0.1) is 0 Å². The van der Waals surface area contributed by atoms with E-state index in [0.717, 1.165) is 6.42 Å². The van der Waals surface area contributed by atoms with Gasteiger partial charge in [0, 0.05) is 13.7 Å². The number of ether oxygens (including phenoxy) is 1. The fourth-order valence-corrected chi connectivity index (χ4v) is 0.948. The lowest BCUT2D eigenvalue weighted by Crippen LogP contribution is -2.02. The first-order valence-electron chi connectivity index (χ1n) is 2.97. The van der Waals surface area contributed by atoms with Gasteiger partial charge in [0.2, 0.25) is 0 Å². The molecule has 3 nitrogen and oxygen atoms in total. The van der Waals surface area contributed by atoms with Gasteiger partial charge in [-0.1, -0.05) is 0 Å². The summed E-state index contributed by atoms with van der Waals surface area (Å²) in [6.45, 7) is 0.594. The highest BCUT2D eigenvalue weighted by Crippen LogP contribution is 2.38. The Hall–Kier alpha value is -0.570. The normalized spacial score (nSPS) is 32.1. The molecule has 0 amide bonds. The Bertz CT molecular complexity index is 121. The molecular formula is C6H10O3. The van der Waals surface area contributed by atoms with Crippen LogP contribution in [0.5, 0.6) is 0 Å². The minimum absolute atomic E-state index is 0.120. The van der Waals surface area contributed by atoms with Crippen LogP contribution >= 0.6 is 0 Å². The summed E-state index contributed by atoms with van der Waals surface area (Å²) >= 11 is 0. The van der Waals surface area contributed by atoms with Crippen molar-refractivity contribution in [1.82, 2.24) is 0 Å². The average Bonchev–Trinajstić information content (AvgIpc) is 2.47. The van der Waals surface area contributed by atoms with Crippen molar-refractivity contribution in [2.24, 2.45) is 11.8 Å². The van der Waals surface area contributed by atoms with E-state index >= 15 is 0 Å². The zero-order chi connectivity index (χ0) is 6.85. The number of methoxy groups -OCH3 is 1. The van der Waals surface area contributed by atoms with Gasteiger partial charge in [0.05, 0.1) is 5.92 Å². The van der Waals surface area contributed by atoms with Gasteiger partial charge in [0.1, 0.15) is 0 Å². The molecule has 0 aliphatic heterocycles. The Kier molecular flexibility index (Phi) is 1.71. The number of hydrogen-bond acceptors (Lipinski definition) is 2. The molecule has 52 valence electrons. The maximum absolute atomic E-state index is 10.2. The maximum Gasteiger partial charge on any atom is 0.306 e. The SMILES string of the molecule is COC[C@H]1C[C@H]1C(=O)O. The number of carboxylic acid groups (broad SMARTS) is 1. The lowest BCUT2D eigenvalue weighted by Gasteiger charge is -1.91. The molecule has 0 saturated heterocycles. The summed E-state index contributed by atoms with van der Waals surface area (Å²) in [4.78, 5) is 10.2. The molecule has 0 unspecified atom stereocenters. The second kappa shape index (κ2) is 2.35. The highest BCUT2D eigenvalue weighted by atomic mass is 16.5. The number of carboxylic acids is 1. The van der Waals surface area contributed by atoms with Gasteiger partial charge in [0.15, 0.2) is 0 Å². The molecule has 0 radical (unpaired) electrons. The Morgan fingerprint density at radius 2 is 2.56 bits per heavy atom. The smallest absolute Gasteiger partial charge is 0.306 e. The maximum atomic E-state index is 10.2. The van der Waals surface area contributed by atoms with E-state index < -0.39 is 5.97 Å². The van der Waals surface area contributed by atoms with Crippen molar-refractivity contribution < 1.29 is 14.6 Å². The minimum atomic E-state index is -0.683. The lowest BCUT2D eigenvalue weighted by atomic mass is 10.3. The number of hydrogen-bond donors (Lipinski definition) is 1. The largest absolute Gasteiger partial charge is 0.481 e. The Labute approximate surface area is 53.6 Å². The van der Waals surface area contributed by atoms with Crippen LogP contribution in [0.25, 0.3) is 0 Å². The third-order valence-corrected chi connectivity index (χ3v) is 1.62. The van der Waals surface area contributed by atoms with Gasteiger partial charge in [-0.3, -0.25) is 4.79 Å². The second-order valence-electron chi connectivity index (χ2n) is 2.40. The van der Waals surface area contributed by atoms with E-state index in [1.807, 2.05) is 0 Å². The summed E-state index contributed by atoms with van der Waals surface area (Å²) in [6, 6.07) is 0. The Morgan fingerprint density at radius 1 is 1.89 bits per heavy atom. The quantitative estimate of drug-likeness (QED) is 0.599. The van der Waals surface area contributed by atoms with Crippen LogP contribution in [0.2, 0.25) is 0 Å². The predicted molar refractivity (Wildman–Crippen MR) is 31.1 cm³/mol. The van der Waals surface area contributed by atoms with Gasteiger partial charge < -0.3 is 9.84 Å². The summed E-state index contributed by atoms with van der Waals surface area (Å²) in [5.41, 5.74) is 0. The lowest BCUT2D eigenvalue weighted by molar-refractivity contribution is -0.139. The van der Waals surface area contributed by atoms with Crippen LogP contribution in [0.3, 0.4) is 0 Å². The standard InChI is InChI=1S/C6H10O3/c1-9-3-4-2-5(4)6(7)8/h4-5H,2-3H2,1H3,(H,7,8)/t4-,5-/m1/s1. The Balaban J connectivity index is 2.17. The van der Waals surface area contributed by atoms with E-state index in [1.165, 1.54) is 0 Å². The van der Waals surface area contributed by atoms with Crippen LogP contribution in [0, 0.1) is 11.8 Å². The van der Waals surface area contributed by atoms with Crippen LogP contribution in [0.1, 0.15) is 6.42 Å². The molecular weight excluding hydrogens is 120 g/mol. The molecule has 0 aromatic rings. The van der Waals surface area contributed by atoms with Crippen molar-refractivity contribution >= 4 is 5.97 Å². The summed E-state index contributed by atoms with van der Waals surface area (Å²) < 4.78 is 4.78. The zero-order valence-corrected chi connectivity index (χ0v) is 5.33. The molecule has 1 fully saturated rings. The summed E-state index contributed by atoms with van der Waals surface area (Å²) in [5.74, 6) is -0.519. The number of carbonyl (C=O) groups is 1. The molecule has 1 N–H and O–H groups in total. The minimum Gasteiger partial charge on any atom is -0.481 e. The van der Waals surface area contributed by atoms with Gasteiger partial charge in [0.25, 0.3) is 0 Å². The highest BCUT2D eigenvalue weighted by molar-refractivity contribution is 5.73. The highest BCUT2D eigenvalue weighted by Gasteiger charge is 2.42. The van der Waals surface area contributed by atoms with Crippen molar-refractivity contribution in [3.63, 3.8) is 0 Å². The topological polar surface area (TPSA) is 46.5 Å². The number of aliphatic carboxylic acids is 1. The van der Waals surface area contributed by atoms with Crippen LogP contribution in [-0.4, -0.2) is 24.8 Å². The summed E-state index contributed by atoms with van der Waals surface area (Å²) in [5, 5.41) is 8.39. The molecule has 0 aromatic heterocycles. The second-order valence-corrected chi connectivity index (χ2v) is 2.40. The van der Waals surface area contributed by atoms with Crippen molar-refractivity contribution in [3.05, 3.63) is 0 Å². The van der Waals surface area contributed by atoms with Gasteiger partial charge in [-0.25, -0.2) is 0 Å². The van der Waals surface area contributed by atoms with Crippen LogP contribution < -0.4 is 0 Å². The first-order chi connectivity index (χ1) is 4.25. The monoisotopic (exact) mass is 130 g/mol. The molecule has 9 heavy (non-hydrogen) atoms. The van der Waals surface area contributed by atoms with Gasteiger partial charge in [-0.2, -0.15) is 0 Å². The zero-order valence-electron chi connectivity index (χ0n) is 5.33. The molecule has 3 heteroatoms. The van der Waals surface area contributed by atoms with Crippen molar-refractivity contribution in [1.29, 1.82) is 0 Å². The third-order valence-electron chi connectivity index (χ3n) is 1.62. The van der Waals surface area contributed by atoms with Crippen LogP contribution in [-0.2, 0) is 9.53 Å².